The topological polar surface area (TPSA) is 69.4 Å². The van der Waals surface area contributed by atoms with Crippen LogP contribution in [0.5, 0.6) is 0 Å². The van der Waals surface area contributed by atoms with Gasteiger partial charge in [0.15, 0.2) is 0 Å². The summed E-state index contributed by atoms with van der Waals surface area (Å²) < 4.78 is 48.2. The molecule has 4 nitrogen and oxygen atoms in total. The van der Waals surface area contributed by atoms with E-state index in [0.29, 0.717) is 0 Å². The Morgan fingerprint density at radius 1 is 1.50 bits per heavy atom. The van der Waals surface area contributed by atoms with Crippen LogP contribution in [-0.4, -0.2) is 33.7 Å². The minimum atomic E-state index is -3.58. The fraction of sp³-hybridized carbons (Fsp3) is 1.00. The summed E-state index contributed by atoms with van der Waals surface area (Å²) >= 11 is 0. The molecule has 0 saturated heterocycles. The fourth-order valence-corrected chi connectivity index (χ4v) is 0.930. The molecule has 0 heterocycles. The predicted octanol–water partition coefficient (Wildman–Crippen LogP) is -0.0549. The Morgan fingerprint density at radius 3 is 2.33 bits per heavy atom. The average molecular weight is 203 g/mol. The van der Waals surface area contributed by atoms with Crippen LogP contribution in [0, 0.1) is 0 Å². The first-order valence-corrected chi connectivity index (χ1v) is 5.01. The molecule has 0 amide bonds. The van der Waals surface area contributed by atoms with Crippen molar-refractivity contribution in [3.63, 3.8) is 0 Å². The lowest BCUT2D eigenvalue weighted by Gasteiger charge is -2.09. The van der Waals surface area contributed by atoms with Gasteiger partial charge in [-0.25, -0.2) is 8.78 Å². The van der Waals surface area contributed by atoms with Gasteiger partial charge in [-0.15, -0.1) is 0 Å². The van der Waals surface area contributed by atoms with Crippen molar-refractivity contribution < 1.29 is 21.4 Å². The third-order valence-electron chi connectivity index (χ3n) is 0.977. The molecule has 0 aromatic rings. The van der Waals surface area contributed by atoms with Gasteiger partial charge in [0.2, 0.25) is 6.43 Å². The van der Waals surface area contributed by atoms with E-state index in [1.54, 1.807) is 0 Å². The standard InChI is InChI=1S/C5H11F2NO3S/c1-12(9,10)11-3-4(8)2-5(6)7/h4-5H,2-3,8H2,1H3/t4-/m0/s1. The van der Waals surface area contributed by atoms with Crippen molar-refractivity contribution in [2.45, 2.75) is 18.9 Å². The molecule has 0 unspecified atom stereocenters. The summed E-state index contributed by atoms with van der Waals surface area (Å²) in [5.41, 5.74) is 5.11. The molecule has 0 fully saturated rings. The van der Waals surface area contributed by atoms with E-state index in [9.17, 15) is 17.2 Å². The van der Waals surface area contributed by atoms with Crippen LogP contribution in [0.15, 0.2) is 0 Å². The fourth-order valence-electron chi connectivity index (χ4n) is 0.508. The minimum absolute atomic E-state index is 0.400. The molecule has 0 radical (unpaired) electrons. The first-order chi connectivity index (χ1) is 5.31. The van der Waals surface area contributed by atoms with Crippen molar-refractivity contribution in [1.29, 1.82) is 0 Å². The number of hydrogen-bond donors (Lipinski definition) is 1. The molecule has 0 aliphatic rings. The van der Waals surface area contributed by atoms with Crippen LogP contribution >= 0.6 is 0 Å². The van der Waals surface area contributed by atoms with Crippen molar-refractivity contribution in [2.75, 3.05) is 12.9 Å². The van der Waals surface area contributed by atoms with Crippen molar-refractivity contribution in [1.82, 2.24) is 0 Å². The molecule has 7 heteroatoms. The maximum atomic E-state index is 11.6. The van der Waals surface area contributed by atoms with Crippen LogP contribution in [0.3, 0.4) is 0 Å². The third-order valence-corrected chi connectivity index (χ3v) is 1.54. The van der Waals surface area contributed by atoms with Crippen LogP contribution in [-0.2, 0) is 14.3 Å². The highest BCUT2D eigenvalue weighted by Crippen LogP contribution is 2.03. The smallest absolute Gasteiger partial charge is 0.264 e. The van der Waals surface area contributed by atoms with Gasteiger partial charge in [-0.3, -0.25) is 4.18 Å². The summed E-state index contributed by atoms with van der Waals surface area (Å²) in [6, 6.07) is -0.945. The molecule has 0 aromatic carbocycles. The van der Waals surface area contributed by atoms with Crippen LogP contribution < -0.4 is 5.73 Å². The van der Waals surface area contributed by atoms with E-state index in [4.69, 9.17) is 5.73 Å². The van der Waals surface area contributed by atoms with Crippen molar-refractivity contribution in [3.05, 3.63) is 0 Å². The molecule has 0 aliphatic heterocycles. The Bertz CT molecular complexity index is 217. The first-order valence-electron chi connectivity index (χ1n) is 3.19. The van der Waals surface area contributed by atoms with E-state index in [1.165, 1.54) is 0 Å². The Kier molecular flexibility index (Phi) is 4.58. The lowest BCUT2D eigenvalue weighted by Crippen LogP contribution is -2.29. The number of nitrogens with two attached hydrogens (primary N) is 1. The van der Waals surface area contributed by atoms with Crippen LogP contribution in [0.4, 0.5) is 8.78 Å². The second-order valence-corrected chi connectivity index (χ2v) is 4.02. The van der Waals surface area contributed by atoms with Gasteiger partial charge in [0.1, 0.15) is 0 Å². The van der Waals surface area contributed by atoms with Gasteiger partial charge in [-0.1, -0.05) is 0 Å². The van der Waals surface area contributed by atoms with Crippen LogP contribution in [0.2, 0.25) is 0 Å². The van der Waals surface area contributed by atoms with Crippen LogP contribution in [0.1, 0.15) is 6.42 Å². The Hall–Kier alpha value is -0.270. The minimum Gasteiger partial charge on any atom is -0.325 e. The molecule has 1 atom stereocenters. The monoisotopic (exact) mass is 203 g/mol. The van der Waals surface area contributed by atoms with Gasteiger partial charge in [-0.05, 0) is 0 Å². The quantitative estimate of drug-likeness (QED) is 0.636. The zero-order chi connectivity index (χ0) is 9.78. The molecular weight excluding hydrogens is 192 g/mol. The molecule has 0 saturated carbocycles. The zero-order valence-electron chi connectivity index (χ0n) is 6.54. The third kappa shape index (κ3) is 7.83. The predicted molar refractivity (Wildman–Crippen MR) is 39.4 cm³/mol. The van der Waals surface area contributed by atoms with Crippen LogP contribution in [0.25, 0.3) is 0 Å². The second-order valence-electron chi connectivity index (χ2n) is 2.38. The van der Waals surface area contributed by atoms with Crippen molar-refractivity contribution >= 4 is 10.1 Å². The van der Waals surface area contributed by atoms with Gasteiger partial charge in [0.05, 0.1) is 12.9 Å². The highest BCUT2D eigenvalue weighted by molar-refractivity contribution is 7.85. The van der Waals surface area contributed by atoms with Gasteiger partial charge in [0, 0.05) is 12.5 Å². The van der Waals surface area contributed by atoms with Crippen molar-refractivity contribution in [2.24, 2.45) is 5.73 Å². The number of halogens is 2. The van der Waals surface area contributed by atoms with Crippen molar-refractivity contribution in [3.8, 4) is 0 Å². The molecule has 0 aliphatic carbocycles. The van der Waals surface area contributed by atoms with Gasteiger partial charge < -0.3 is 5.73 Å². The summed E-state index contributed by atoms with van der Waals surface area (Å²) in [7, 11) is -3.58. The van der Waals surface area contributed by atoms with Gasteiger partial charge >= 0.3 is 0 Å². The van der Waals surface area contributed by atoms with Gasteiger partial charge in [-0.2, -0.15) is 8.42 Å². The molecule has 0 bridgehead atoms. The first kappa shape index (κ1) is 11.7. The van der Waals surface area contributed by atoms with E-state index in [1.807, 2.05) is 0 Å². The average Bonchev–Trinajstić information content (AvgIpc) is 1.80. The number of alkyl halides is 2. The largest absolute Gasteiger partial charge is 0.325 e. The van der Waals surface area contributed by atoms with E-state index >= 15 is 0 Å². The summed E-state index contributed by atoms with van der Waals surface area (Å²) in [5.74, 6) is 0. The summed E-state index contributed by atoms with van der Waals surface area (Å²) in [6.45, 7) is -0.400. The van der Waals surface area contributed by atoms with E-state index in [2.05, 4.69) is 4.18 Å². The lowest BCUT2D eigenvalue weighted by molar-refractivity contribution is 0.118. The molecule has 0 aromatic heterocycles. The molecular formula is C5H11F2NO3S. The summed E-state index contributed by atoms with van der Waals surface area (Å²) in [4.78, 5) is 0. The Labute approximate surface area is 69.8 Å². The maximum absolute atomic E-state index is 11.6. The Balaban J connectivity index is 3.65. The van der Waals surface area contributed by atoms with E-state index in [-0.39, 0.29) is 0 Å². The number of rotatable bonds is 5. The summed E-state index contributed by atoms with van der Waals surface area (Å²) in [6.07, 6.45) is -2.26. The van der Waals surface area contributed by atoms with E-state index < -0.39 is 35.6 Å². The molecule has 0 rings (SSSR count). The van der Waals surface area contributed by atoms with E-state index in [0.717, 1.165) is 6.26 Å². The lowest BCUT2D eigenvalue weighted by atomic mass is 10.2. The van der Waals surface area contributed by atoms with Gasteiger partial charge in [0.25, 0.3) is 10.1 Å². The highest BCUT2D eigenvalue weighted by atomic mass is 32.2. The molecule has 2 N–H and O–H groups in total. The normalized spacial score (nSPS) is 15.1. The Morgan fingerprint density at radius 2 is 2.00 bits per heavy atom. The molecule has 74 valence electrons. The highest BCUT2D eigenvalue weighted by Gasteiger charge is 2.13. The SMILES string of the molecule is CS(=O)(=O)OC[C@@H](N)CC(F)F. The molecule has 0 spiro atoms. The summed E-state index contributed by atoms with van der Waals surface area (Å²) in [5, 5.41) is 0. The maximum Gasteiger partial charge on any atom is 0.264 e. The zero-order valence-corrected chi connectivity index (χ0v) is 7.35. The second kappa shape index (κ2) is 4.68. The molecule has 12 heavy (non-hydrogen) atoms. The number of hydrogen-bond acceptors (Lipinski definition) is 4.